The maximum Gasteiger partial charge on any atom is 0.257 e. The number of hydrogen-bond acceptors (Lipinski definition) is 3. The standard InChI is InChI=1S/C19H23NO3/c21-15-19(10-7-16-5-2-1-3-6-16)9-4-11-20(14-19)18(22)17-8-12-23-13-17/h1-3,5-6,8,12-13,21H,4,7,9-11,14-15H2. The third-order valence-corrected chi connectivity index (χ3v) is 4.84. The number of aliphatic hydroxyl groups excluding tert-OH is 1. The number of carbonyl (C=O) groups is 1. The summed E-state index contributed by atoms with van der Waals surface area (Å²) in [6.07, 6.45) is 6.72. The van der Waals surface area contributed by atoms with Gasteiger partial charge in [-0.3, -0.25) is 4.79 Å². The molecule has 1 fully saturated rings. The maximum atomic E-state index is 12.5. The quantitative estimate of drug-likeness (QED) is 0.922. The Morgan fingerprint density at radius 2 is 2.09 bits per heavy atom. The molecule has 2 heterocycles. The van der Waals surface area contributed by atoms with Gasteiger partial charge in [0, 0.05) is 18.5 Å². The first kappa shape index (κ1) is 15.8. The summed E-state index contributed by atoms with van der Waals surface area (Å²) >= 11 is 0. The van der Waals surface area contributed by atoms with Gasteiger partial charge in [-0.25, -0.2) is 0 Å². The number of likely N-dealkylation sites (tertiary alicyclic amines) is 1. The molecule has 2 aromatic rings. The van der Waals surface area contributed by atoms with Crippen LogP contribution in [0, 0.1) is 5.41 Å². The molecule has 3 rings (SSSR count). The Labute approximate surface area is 136 Å². The van der Waals surface area contributed by atoms with Crippen molar-refractivity contribution in [3.05, 3.63) is 60.1 Å². The van der Waals surface area contributed by atoms with E-state index in [4.69, 9.17) is 4.42 Å². The van der Waals surface area contributed by atoms with Crippen molar-refractivity contribution in [2.45, 2.75) is 25.7 Å². The molecule has 1 aliphatic rings. The fourth-order valence-electron chi connectivity index (χ4n) is 3.42. The number of piperidine rings is 1. The third-order valence-electron chi connectivity index (χ3n) is 4.84. The van der Waals surface area contributed by atoms with Crippen molar-refractivity contribution < 1.29 is 14.3 Å². The van der Waals surface area contributed by atoms with E-state index in [1.54, 1.807) is 6.07 Å². The molecule has 1 N–H and O–H groups in total. The zero-order valence-electron chi connectivity index (χ0n) is 13.3. The minimum Gasteiger partial charge on any atom is -0.472 e. The lowest BCUT2D eigenvalue weighted by atomic mass is 9.76. The molecule has 122 valence electrons. The number of aliphatic hydroxyl groups is 1. The van der Waals surface area contributed by atoms with Gasteiger partial charge in [-0.05, 0) is 37.3 Å². The molecule has 1 aromatic carbocycles. The molecule has 1 amide bonds. The zero-order valence-corrected chi connectivity index (χ0v) is 13.3. The highest BCUT2D eigenvalue weighted by molar-refractivity contribution is 5.93. The Balaban J connectivity index is 1.67. The molecule has 1 saturated heterocycles. The molecule has 1 aromatic heterocycles. The minimum atomic E-state index is -0.201. The van der Waals surface area contributed by atoms with Crippen LogP contribution in [0.2, 0.25) is 0 Å². The first-order chi connectivity index (χ1) is 11.2. The molecule has 0 saturated carbocycles. The van der Waals surface area contributed by atoms with Crippen LogP contribution in [-0.2, 0) is 6.42 Å². The normalized spacial score (nSPS) is 21.3. The molecule has 0 bridgehead atoms. The van der Waals surface area contributed by atoms with Gasteiger partial charge in [0.15, 0.2) is 0 Å². The number of amides is 1. The first-order valence-corrected chi connectivity index (χ1v) is 8.19. The summed E-state index contributed by atoms with van der Waals surface area (Å²) in [4.78, 5) is 14.4. The molecule has 1 atom stereocenters. The van der Waals surface area contributed by atoms with E-state index in [0.29, 0.717) is 12.1 Å². The highest BCUT2D eigenvalue weighted by Gasteiger charge is 2.36. The Morgan fingerprint density at radius 1 is 1.26 bits per heavy atom. The van der Waals surface area contributed by atoms with Crippen LogP contribution in [-0.4, -0.2) is 35.6 Å². The molecule has 4 heteroatoms. The average molecular weight is 313 g/mol. The van der Waals surface area contributed by atoms with Crippen molar-refractivity contribution in [1.29, 1.82) is 0 Å². The highest BCUT2D eigenvalue weighted by Crippen LogP contribution is 2.35. The summed E-state index contributed by atoms with van der Waals surface area (Å²) in [7, 11) is 0. The summed E-state index contributed by atoms with van der Waals surface area (Å²) in [5, 5.41) is 9.99. The highest BCUT2D eigenvalue weighted by atomic mass is 16.3. The second-order valence-corrected chi connectivity index (χ2v) is 6.49. The third kappa shape index (κ3) is 3.64. The van der Waals surface area contributed by atoms with E-state index in [0.717, 1.165) is 32.2 Å². The topological polar surface area (TPSA) is 53.7 Å². The molecule has 0 spiro atoms. The number of hydrogen-bond donors (Lipinski definition) is 1. The first-order valence-electron chi connectivity index (χ1n) is 8.19. The Kier molecular flexibility index (Phi) is 4.82. The van der Waals surface area contributed by atoms with Gasteiger partial charge in [-0.15, -0.1) is 0 Å². The molecule has 23 heavy (non-hydrogen) atoms. The van der Waals surface area contributed by atoms with E-state index in [1.807, 2.05) is 23.1 Å². The summed E-state index contributed by atoms with van der Waals surface area (Å²) in [6.45, 7) is 1.48. The van der Waals surface area contributed by atoms with Crippen LogP contribution >= 0.6 is 0 Å². The number of rotatable bonds is 5. The lowest BCUT2D eigenvalue weighted by molar-refractivity contribution is 0.0227. The Hall–Kier alpha value is -2.07. The fraction of sp³-hybridized carbons (Fsp3) is 0.421. The monoisotopic (exact) mass is 313 g/mol. The molecule has 1 aliphatic heterocycles. The summed E-state index contributed by atoms with van der Waals surface area (Å²) in [6, 6.07) is 12.0. The van der Waals surface area contributed by atoms with Crippen molar-refractivity contribution in [2.24, 2.45) is 5.41 Å². The molecule has 1 unspecified atom stereocenters. The number of carbonyl (C=O) groups excluding carboxylic acids is 1. The van der Waals surface area contributed by atoms with Crippen LogP contribution in [0.4, 0.5) is 0 Å². The van der Waals surface area contributed by atoms with Crippen molar-refractivity contribution in [3.8, 4) is 0 Å². The van der Waals surface area contributed by atoms with Gasteiger partial charge in [0.1, 0.15) is 6.26 Å². The van der Waals surface area contributed by atoms with Gasteiger partial charge in [-0.2, -0.15) is 0 Å². The SMILES string of the molecule is O=C(c1ccoc1)N1CCCC(CO)(CCc2ccccc2)C1. The van der Waals surface area contributed by atoms with E-state index < -0.39 is 0 Å². The van der Waals surface area contributed by atoms with E-state index in [-0.39, 0.29) is 17.9 Å². The summed E-state index contributed by atoms with van der Waals surface area (Å²) < 4.78 is 5.01. The maximum absolute atomic E-state index is 12.5. The van der Waals surface area contributed by atoms with Gasteiger partial charge in [-0.1, -0.05) is 30.3 Å². The Morgan fingerprint density at radius 3 is 2.78 bits per heavy atom. The van der Waals surface area contributed by atoms with Gasteiger partial charge in [0.2, 0.25) is 0 Å². The van der Waals surface area contributed by atoms with Crippen LogP contribution < -0.4 is 0 Å². The summed E-state index contributed by atoms with van der Waals surface area (Å²) in [5.41, 5.74) is 1.66. The van der Waals surface area contributed by atoms with Crippen molar-refractivity contribution in [3.63, 3.8) is 0 Å². The van der Waals surface area contributed by atoms with Gasteiger partial charge in [0.25, 0.3) is 5.91 Å². The van der Waals surface area contributed by atoms with E-state index in [2.05, 4.69) is 12.1 Å². The molecular formula is C19H23NO3. The predicted molar refractivity (Wildman–Crippen MR) is 88.1 cm³/mol. The number of furan rings is 1. The van der Waals surface area contributed by atoms with Gasteiger partial charge in [0.05, 0.1) is 18.4 Å². The number of aryl methyl sites for hydroxylation is 1. The van der Waals surface area contributed by atoms with Gasteiger partial charge >= 0.3 is 0 Å². The Bertz CT molecular complexity index is 623. The van der Waals surface area contributed by atoms with Crippen LogP contribution in [0.1, 0.15) is 35.2 Å². The predicted octanol–water partition coefficient (Wildman–Crippen LogP) is 3.13. The van der Waals surface area contributed by atoms with Crippen LogP contribution in [0.15, 0.2) is 53.3 Å². The molecule has 0 radical (unpaired) electrons. The zero-order chi connectivity index (χ0) is 16.1. The van der Waals surface area contributed by atoms with E-state index in [9.17, 15) is 9.90 Å². The van der Waals surface area contributed by atoms with Crippen molar-refractivity contribution in [2.75, 3.05) is 19.7 Å². The minimum absolute atomic E-state index is 0.00372. The van der Waals surface area contributed by atoms with Crippen LogP contribution in [0.25, 0.3) is 0 Å². The van der Waals surface area contributed by atoms with Gasteiger partial charge < -0.3 is 14.4 Å². The molecule has 0 aliphatic carbocycles. The number of nitrogens with zero attached hydrogens (tertiary/aromatic N) is 1. The summed E-state index contributed by atoms with van der Waals surface area (Å²) in [5.74, 6) is -0.00372. The van der Waals surface area contributed by atoms with Crippen molar-refractivity contribution >= 4 is 5.91 Å². The lowest BCUT2D eigenvalue weighted by Crippen LogP contribution is -2.48. The van der Waals surface area contributed by atoms with Crippen LogP contribution in [0.5, 0.6) is 0 Å². The van der Waals surface area contributed by atoms with Crippen molar-refractivity contribution in [1.82, 2.24) is 4.90 Å². The fourth-order valence-corrected chi connectivity index (χ4v) is 3.42. The van der Waals surface area contributed by atoms with E-state index in [1.165, 1.54) is 18.1 Å². The second kappa shape index (κ2) is 7.01. The molecule has 4 nitrogen and oxygen atoms in total. The van der Waals surface area contributed by atoms with Crippen LogP contribution in [0.3, 0.4) is 0 Å². The second-order valence-electron chi connectivity index (χ2n) is 6.49. The largest absolute Gasteiger partial charge is 0.472 e. The smallest absolute Gasteiger partial charge is 0.257 e. The lowest BCUT2D eigenvalue weighted by Gasteiger charge is -2.42. The molecular weight excluding hydrogens is 290 g/mol. The van der Waals surface area contributed by atoms with E-state index >= 15 is 0 Å². The average Bonchev–Trinajstić information content (AvgIpc) is 3.15. The number of benzene rings is 1.